The first-order valence-electron chi connectivity index (χ1n) is 4.95. The summed E-state index contributed by atoms with van der Waals surface area (Å²) in [5.74, 6) is 2.13. The molecule has 1 aromatic carbocycles. The molecule has 0 amide bonds. The zero-order chi connectivity index (χ0) is 10.8. The molecular weight excluding hydrogens is 194 g/mol. The van der Waals surface area contributed by atoms with Crippen molar-refractivity contribution in [1.82, 2.24) is 0 Å². The lowest BCUT2D eigenvalue weighted by molar-refractivity contribution is 0.171. The monoisotopic (exact) mass is 209 g/mol. The van der Waals surface area contributed by atoms with Gasteiger partial charge in [0.25, 0.3) is 0 Å². The van der Waals surface area contributed by atoms with E-state index in [9.17, 15) is 0 Å². The molecule has 0 saturated carbocycles. The van der Waals surface area contributed by atoms with E-state index >= 15 is 0 Å². The van der Waals surface area contributed by atoms with Crippen molar-refractivity contribution in [3.8, 4) is 17.2 Å². The standard InChI is InChI=1S/C11H15NO3/c1-7(2)12-8-4-5-9-11(10(8)13-3)15-6-14-9/h4-5,7,12H,6H2,1-3H3. The van der Waals surface area contributed by atoms with Gasteiger partial charge in [0.05, 0.1) is 12.8 Å². The third-order valence-corrected chi connectivity index (χ3v) is 2.14. The van der Waals surface area contributed by atoms with Crippen LogP contribution in [0.15, 0.2) is 12.1 Å². The lowest BCUT2D eigenvalue weighted by Gasteiger charge is -2.15. The molecule has 15 heavy (non-hydrogen) atoms. The van der Waals surface area contributed by atoms with Crippen molar-refractivity contribution in [3.63, 3.8) is 0 Å². The van der Waals surface area contributed by atoms with E-state index in [2.05, 4.69) is 19.2 Å². The van der Waals surface area contributed by atoms with Gasteiger partial charge in [-0.25, -0.2) is 0 Å². The van der Waals surface area contributed by atoms with Crippen LogP contribution in [0, 0.1) is 0 Å². The average Bonchev–Trinajstić information content (AvgIpc) is 2.64. The zero-order valence-corrected chi connectivity index (χ0v) is 9.16. The quantitative estimate of drug-likeness (QED) is 0.828. The van der Waals surface area contributed by atoms with Crippen LogP contribution >= 0.6 is 0 Å². The van der Waals surface area contributed by atoms with Gasteiger partial charge in [-0.1, -0.05) is 0 Å². The Hall–Kier alpha value is -1.58. The van der Waals surface area contributed by atoms with Crippen LogP contribution in [0.1, 0.15) is 13.8 Å². The fourth-order valence-corrected chi connectivity index (χ4v) is 1.57. The third-order valence-electron chi connectivity index (χ3n) is 2.14. The van der Waals surface area contributed by atoms with Crippen LogP contribution in [0.3, 0.4) is 0 Å². The van der Waals surface area contributed by atoms with E-state index in [4.69, 9.17) is 14.2 Å². The van der Waals surface area contributed by atoms with Gasteiger partial charge in [0, 0.05) is 6.04 Å². The molecule has 1 heterocycles. The number of benzene rings is 1. The Morgan fingerprint density at radius 1 is 1.33 bits per heavy atom. The first kappa shape index (κ1) is 9.96. The topological polar surface area (TPSA) is 39.7 Å². The highest BCUT2D eigenvalue weighted by Crippen LogP contribution is 2.45. The summed E-state index contributed by atoms with van der Waals surface area (Å²) < 4.78 is 15.9. The normalized spacial score (nSPS) is 13.1. The number of nitrogens with one attached hydrogen (secondary N) is 1. The highest BCUT2D eigenvalue weighted by Gasteiger charge is 2.21. The van der Waals surface area contributed by atoms with Gasteiger partial charge in [0.2, 0.25) is 12.5 Å². The third kappa shape index (κ3) is 1.79. The van der Waals surface area contributed by atoms with Crippen molar-refractivity contribution in [2.24, 2.45) is 0 Å². The minimum atomic E-state index is 0.261. The maximum atomic E-state index is 5.36. The molecule has 0 radical (unpaired) electrons. The van der Waals surface area contributed by atoms with Crippen LogP contribution < -0.4 is 19.5 Å². The Morgan fingerprint density at radius 3 is 2.80 bits per heavy atom. The van der Waals surface area contributed by atoms with Crippen molar-refractivity contribution in [3.05, 3.63) is 12.1 Å². The van der Waals surface area contributed by atoms with Crippen molar-refractivity contribution in [2.75, 3.05) is 19.2 Å². The van der Waals surface area contributed by atoms with Gasteiger partial charge < -0.3 is 19.5 Å². The van der Waals surface area contributed by atoms with Crippen LogP contribution in [-0.2, 0) is 0 Å². The Morgan fingerprint density at radius 2 is 2.13 bits per heavy atom. The number of anilines is 1. The maximum Gasteiger partial charge on any atom is 0.231 e. The van der Waals surface area contributed by atoms with Gasteiger partial charge in [-0.15, -0.1) is 0 Å². The van der Waals surface area contributed by atoms with Gasteiger partial charge in [0.15, 0.2) is 11.5 Å². The summed E-state index contributed by atoms with van der Waals surface area (Å²) in [6.07, 6.45) is 0. The summed E-state index contributed by atoms with van der Waals surface area (Å²) >= 11 is 0. The van der Waals surface area contributed by atoms with E-state index in [1.165, 1.54) is 0 Å². The molecule has 1 aliphatic heterocycles. The summed E-state index contributed by atoms with van der Waals surface area (Å²) in [6.45, 7) is 4.41. The molecule has 0 fully saturated rings. The summed E-state index contributed by atoms with van der Waals surface area (Å²) in [4.78, 5) is 0. The molecule has 0 atom stereocenters. The lowest BCUT2D eigenvalue weighted by atomic mass is 10.2. The zero-order valence-electron chi connectivity index (χ0n) is 9.16. The number of ether oxygens (including phenoxy) is 3. The molecule has 4 heteroatoms. The number of hydrogen-bond donors (Lipinski definition) is 1. The van der Waals surface area contributed by atoms with Crippen LogP contribution in [0.5, 0.6) is 17.2 Å². The summed E-state index contributed by atoms with van der Waals surface area (Å²) in [5.41, 5.74) is 0.928. The first-order valence-corrected chi connectivity index (χ1v) is 4.95. The Balaban J connectivity index is 2.39. The second-order valence-electron chi connectivity index (χ2n) is 3.68. The van der Waals surface area contributed by atoms with Gasteiger partial charge in [-0.2, -0.15) is 0 Å². The van der Waals surface area contributed by atoms with E-state index in [-0.39, 0.29) is 6.79 Å². The SMILES string of the molecule is COc1c(NC(C)C)ccc2c1OCO2. The van der Waals surface area contributed by atoms with Crippen molar-refractivity contribution in [2.45, 2.75) is 19.9 Å². The molecule has 0 unspecified atom stereocenters. The fourth-order valence-electron chi connectivity index (χ4n) is 1.57. The van der Waals surface area contributed by atoms with E-state index in [0.717, 1.165) is 11.4 Å². The second kappa shape index (κ2) is 3.88. The fraction of sp³-hybridized carbons (Fsp3) is 0.455. The number of fused-ring (bicyclic) bond motifs is 1. The molecule has 1 N–H and O–H groups in total. The van der Waals surface area contributed by atoms with Crippen molar-refractivity contribution in [1.29, 1.82) is 0 Å². The van der Waals surface area contributed by atoms with Gasteiger partial charge in [-0.3, -0.25) is 0 Å². The molecule has 1 aliphatic rings. The van der Waals surface area contributed by atoms with Crippen LogP contribution in [-0.4, -0.2) is 19.9 Å². The largest absolute Gasteiger partial charge is 0.491 e. The predicted octanol–water partition coefficient (Wildman–Crippen LogP) is 2.24. The highest BCUT2D eigenvalue weighted by atomic mass is 16.7. The Kier molecular flexibility index (Phi) is 2.58. The van der Waals surface area contributed by atoms with Crippen molar-refractivity contribution >= 4 is 5.69 Å². The number of methoxy groups -OCH3 is 1. The molecular formula is C11H15NO3. The van der Waals surface area contributed by atoms with Crippen LogP contribution in [0.25, 0.3) is 0 Å². The first-order chi connectivity index (χ1) is 7.22. The Bertz CT molecular complexity index is 363. The molecule has 0 saturated heterocycles. The molecule has 0 bridgehead atoms. The molecule has 82 valence electrons. The van der Waals surface area contributed by atoms with E-state index in [0.29, 0.717) is 17.5 Å². The van der Waals surface area contributed by atoms with Crippen LogP contribution in [0.4, 0.5) is 5.69 Å². The molecule has 0 spiro atoms. The number of rotatable bonds is 3. The summed E-state index contributed by atoms with van der Waals surface area (Å²) in [6, 6.07) is 4.17. The lowest BCUT2D eigenvalue weighted by Crippen LogP contribution is -2.10. The molecule has 0 aromatic heterocycles. The molecule has 1 aromatic rings. The average molecular weight is 209 g/mol. The minimum absolute atomic E-state index is 0.261. The van der Waals surface area contributed by atoms with Gasteiger partial charge >= 0.3 is 0 Å². The smallest absolute Gasteiger partial charge is 0.231 e. The summed E-state index contributed by atoms with van der Waals surface area (Å²) in [5, 5.41) is 3.29. The molecule has 0 aliphatic carbocycles. The van der Waals surface area contributed by atoms with Crippen molar-refractivity contribution < 1.29 is 14.2 Å². The highest BCUT2D eigenvalue weighted by molar-refractivity contribution is 5.68. The van der Waals surface area contributed by atoms with Gasteiger partial charge in [-0.05, 0) is 26.0 Å². The number of hydrogen-bond acceptors (Lipinski definition) is 4. The summed E-state index contributed by atoms with van der Waals surface area (Å²) in [7, 11) is 1.63. The van der Waals surface area contributed by atoms with E-state index in [1.54, 1.807) is 7.11 Å². The van der Waals surface area contributed by atoms with Gasteiger partial charge in [0.1, 0.15) is 0 Å². The van der Waals surface area contributed by atoms with E-state index < -0.39 is 0 Å². The molecule has 4 nitrogen and oxygen atoms in total. The van der Waals surface area contributed by atoms with E-state index in [1.807, 2.05) is 12.1 Å². The predicted molar refractivity (Wildman–Crippen MR) is 57.9 cm³/mol. The molecule has 2 rings (SSSR count). The van der Waals surface area contributed by atoms with Crippen LogP contribution in [0.2, 0.25) is 0 Å². The minimum Gasteiger partial charge on any atom is -0.491 e. The second-order valence-corrected chi connectivity index (χ2v) is 3.68. The maximum absolute atomic E-state index is 5.36. The Labute approximate surface area is 89.1 Å².